The SMILES string of the molecule is CCN(C(=O)N1CCC[C@H]1C1CCN(C)CC1)C(C)C.CN1CCC([C@@H]2CCCN2C(=O)N(C)C)CC1.CN1CCC([C@@H]2CCCN2C(=O)N(C)C2COC2)CC1.CN1CCC([C@@H]2CCCN2C(=O)N(C)CC(F)(F)F)CC1.CN1CCC([C@@H]2CCCN2C(=O)N(C)Cc2ccccn2)CC1.CN1CCC([C@@H]2CCCN2C(=O)N2CC(F)(F)C2)CC1.CN1CCC([C@@H]2CCCN2C(=O)N2CCC2)CC1. The Balaban J connectivity index is 0.000000146. The van der Waals surface area contributed by atoms with Crippen LogP contribution in [0, 0.1) is 41.4 Å². The van der Waals surface area contributed by atoms with Crippen molar-refractivity contribution < 1.29 is 60.3 Å². The number of likely N-dealkylation sites (N-methyl/N-ethyl adjacent to an activating group) is 1. The standard InChI is InChI=1S/C18H28N4O.C16H31N3O.C15H27N3O2.C14H24F3N3O.C14H23F2N3O.C14H25N3O.C13H25N3O/c1-20-12-8-15(9-13-20)17-7-5-11-22(17)18(23)21(2)14-16-6-3-4-10-19-16;1-5-18(13(2)3)16(20)19-10-6-7-15(19)14-8-11-17(4)12-9-14;1-16-8-5-12(6-9-16)14-4-3-7-18(14)15(19)17(2)13-10-20-11-13;1-18-8-5-11(6-9-18)12-4-3-7-20(12)13(21)19(2)10-14(15,16)17;1-17-7-4-11(5-8-17)12-3-2-6-19(12)13(20)18-9-14(15,16)10-18;1-15-10-5-12(6-11-15)13-4-2-9-17(13)14(18)16-7-3-8-16;1-14(2)13(17)16-8-4-5-12(16)11-6-9-15(3)10-7-11/h3-4,6,10,15,17H,5,7-9,11-14H2,1-2H3;13-15H,5-12H2,1-4H3;12-14H,3-11H2,1-2H3;11-12H,3-10H2,1-2H3;11-12H,2-10H2,1H3;12-13H,2-11H2,1H3;11-12H,4-10H2,1-3H3/t17-;15-;14-;2*12-;13-;12-/m0000000/s1. The van der Waals surface area contributed by atoms with Gasteiger partial charge in [-0.25, -0.2) is 42.3 Å². The molecular weight excluding hydrogens is 1780 g/mol. The number of ether oxygens (including phenoxy) is 1. The Morgan fingerprint density at radius 2 is 0.662 bits per heavy atom. The summed E-state index contributed by atoms with van der Waals surface area (Å²) >= 11 is 0. The van der Waals surface area contributed by atoms with Gasteiger partial charge < -0.3 is 108 Å². The van der Waals surface area contributed by atoms with E-state index in [0.29, 0.717) is 104 Å². The number of carbonyl (C=O) groups excluding carboxylic acids is 7. The molecule has 0 bridgehead atoms. The van der Waals surface area contributed by atoms with Crippen LogP contribution in [0.1, 0.15) is 213 Å². The summed E-state index contributed by atoms with van der Waals surface area (Å²) in [5, 5.41) is 0. The lowest BCUT2D eigenvalue weighted by atomic mass is 9.88. The molecule has 18 heterocycles. The molecule has 7 atom stereocenters. The number of piperidine rings is 7. The number of pyridine rings is 1. The van der Waals surface area contributed by atoms with Crippen molar-refractivity contribution in [2.75, 3.05) is 274 Å². The quantitative estimate of drug-likeness (QED) is 0.168. The van der Waals surface area contributed by atoms with Crippen molar-refractivity contribution in [2.24, 2.45) is 41.4 Å². The van der Waals surface area contributed by atoms with Gasteiger partial charge >= 0.3 is 48.4 Å². The summed E-state index contributed by atoms with van der Waals surface area (Å²) in [7, 11) is 23.9. The summed E-state index contributed by atoms with van der Waals surface area (Å²) in [5.41, 5.74) is 0.943. The Labute approximate surface area is 832 Å². The molecule has 1 aromatic rings. The molecule has 792 valence electrons. The Bertz CT molecular complexity index is 3880. The Morgan fingerprint density at radius 1 is 0.374 bits per heavy atom. The summed E-state index contributed by atoms with van der Waals surface area (Å²) in [6.07, 6.45) is 31.0. The molecular formula is C104H183F5N22O8. The summed E-state index contributed by atoms with van der Waals surface area (Å²) in [5.74, 6) is 1.84. The lowest BCUT2D eigenvalue weighted by Gasteiger charge is -2.43. The fraction of sp³-hybridized carbons (Fsp3) is 0.885. The molecule has 1 aromatic heterocycles. The van der Waals surface area contributed by atoms with Crippen molar-refractivity contribution in [1.82, 2.24) is 108 Å². The lowest BCUT2D eigenvalue weighted by Crippen LogP contribution is -2.62. The van der Waals surface area contributed by atoms with Gasteiger partial charge in [-0.15, -0.1) is 0 Å². The number of aromatic nitrogens is 1. The van der Waals surface area contributed by atoms with Gasteiger partial charge in [-0.2, -0.15) is 13.2 Å². The molecule has 17 saturated heterocycles. The number of amides is 14. The van der Waals surface area contributed by atoms with Crippen molar-refractivity contribution in [2.45, 2.75) is 280 Å². The predicted molar refractivity (Wildman–Crippen MR) is 538 cm³/mol. The van der Waals surface area contributed by atoms with Crippen LogP contribution < -0.4 is 0 Å². The zero-order valence-electron chi connectivity index (χ0n) is 88.3. The largest absolute Gasteiger partial charge is 0.406 e. The molecule has 35 heteroatoms. The zero-order chi connectivity index (χ0) is 99.9. The van der Waals surface area contributed by atoms with Gasteiger partial charge in [-0.1, -0.05) is 6.07 Å². The smallest absolute Gasteiger partial charge is 0.377 e. The first-order valence-corrected chi connectivity index (χ1v) is 54.4. The second kappa shape index (κ2) is 52.9. The Kier molecular flexibility index (Phi) is 42.3. The first kappa shape index (κ1) is 111. The Morgan fingerprint density at radius 3 is 0.921 bits per heavy atom. The number of rotatable bonds is 13. The highest BCUT2D eigenvalue weighted by Gasteiger charge is 2.51. The van der Waals surface area contributed by atoms with Crippen LogP contribution in [-0.2, 0) is 11.3 Å². The third kappa shape index (κ3) is 31.0. The maximum Gasteiger partial charge on any atom is 0.406 e. The number of carbonyl (C=O) groups is 7. The van der Waals surface area contributed by atoms with E-state index in [0.717, 1.165) is 191 Å². The van der Waals surface area contributed by atoms with E-state index < -0.39 is 37.8 Å². The van der Waals surface area contributed by atoms with E-state index in [1.54, 1.807) is 16.0 Å². The van der Waals surface area contributed by atoms with E-state index in [4.69, 9.17) is 4.74 Å². The van der Waals surface area contributed by atoms with Gasteiger partial charge in [-0.05, 0) is 401 Å². The number of urea groups is 7. The third-order valence-electron chi connectivity index (χ3n) is 34.5. The van der Waals surface area contributed by atoms with Crippen LogP contribution in [0.5, 0.6) is 0 Å². The van der Waals surface area contributed by atoms with Crippen molar-refractivity contribution in [3.8, 4) is 0 Å². The van der Waals surface area contributed by atoms with Gasteiger partial charge in [0.1, 0.15) is 6.54 Å². The highest BCUT2D eigenvalue weighted by Crippen LogP contribution is 2.41. The van der Waals surface area contributed by atoms with Gasteiger partial charge in [-0.3, -0.25) is 4.98 Å². The predicted octanol–water partition coefficient (Wildman–Crippen LogP) is 13.7. The monoisotopic (exact) mass is 1960 g/mol. The molecule has 0 spiro atoms. The molecule has 14 amide bonds. The fourth-order valence-electron chi connectivity index (χ4n) is 25.6. The number of nitrogens with zero attached hydrogens (tertiary/aromatic N) is 22. The average molecular weight is 1960 g/mol. The highest BCUT2D eigenvalue weighted by atomic mass is 19.4. The maximum absolute atomic E-state index is 12.9. The second-order valence-electron chi connectivity index (χ2n) is 45.1. The molecule has 0 aromatic carbocycles. The minimum atomic E-state index is -4.34. The third-order valence-corrected chi connectivity index (χ3v) is 34.5. The number of alkyl halides is 5. The fourth-order valence-corrected chi connectivity index (χ4v) is 25.6. The molecule has 0 N–H and O–H groups in total. The van der Waals surface area contributed by atoms with Gasteiger partial charge in [0.05, 0.1) is 44.6 Å². The topological polar surface area (TPSA) is 210 Å². The van der Waals surface area contributed by atoms with Gasteiger partial charge in [0.2, 0.25) is 0 Å². The highest BCUT2D eigenvalue weighted by molar-refractivity contribution is 5.79. The van der Waals surface area contributed by atoms with Crippen LogP contribution >= 0.6 is 0 Å². The van der Waals surface area contributed by atoms with Crippen LogP contribution in [-0.4, -0.2) is 491 Å². The number of likely N-dealkylation sites (tertiary alicyclic amines) is 16. The first-order chi connectivity index (χ1) is 66.4. The van der Waals surface area contributed by atoms with Crippen LogP contribution in [0.25, 0.3) is 0 Å². The summed E-state index contributed by atoms with van der Waals surface area (Å²) in [6.45, 7) is 31.1. The minimum absolute atomic E-state index is 0.113. The summed E-state index contributed by atoms with van der Waals surface area (Å²) in [6, 6.07) is 9.78. The molecule has 17 fully saturated rings. The molecule has 30 nitrogen and oxygen atoms in total. The number of hydrogen-bond acceptors (Lipinski definition) is 16. The molecule has 0 saturated carbocycles. The average Bonchev–Trinajstić information content (AvgIpc) is 1.69. The van der Waals surface area contributed by atoms with Crippen LogP contribution in [0.3, 0.4) is 0 Å². The van der Waals surface area contributed by atoms with Crippen molar-refractivity contribution in [1.29, 1.82) is 0 Å². The normalized spacial score (nSPS) is 27.4. The second-order valence-corrected chi connectivity index (χ2v) is 45.1. The molecule has 18 rings (SSSR count). The van der Waals surface area contributed by atoms with E-state index in [9.17, 15) is 55.5 Å². The van der Waals surface area contributed by atoms with Crippen molar-refractivity contribution in [3.05, 3.63) is 30.1 Å². The zero-order valence-corrected chi connectivity index (χ0v) is 88.3. The van der Waals surface area contributed by atoms with Crippen molar-refractivity contribution in [3.63, 3.8) is 0 Å². The molecule has 0 radical (unpaired) electrons. The van der Waals surface area contributed by atoms with E-state index in [2.05, 4.69) is 134 Å². The lowest BCUT2D eigenvalue weighted by molar-refractivity contribution is -0.138. The van der Waals surface area contributed by atoms with E-state index in [1.165, 1.54) is 180 Å². The molecule has 17 aliphatic rings. The minimum Gasteiger partial charge on any atom is -0.377 e. The number of hydrogen-bond donors (Lipinski definition) is 0. The van der Waals surface area contributed by atoms with Crippen molar-refractivity contribution >= 4 is 42.2 Å². The molecule has 17 aliphatic heterocycles. The summed E-state index contributed by atoms with van der Waals surface area (Å²) in [4.78, 5) is 134. The maximum atomic E-state index is 12.9. The first-order valence-electron chi connectivity index (χ1n) is 54.4. The van der Waals surface area contributed by atoms with Gasteiger partial charge in [0.25, 0.3) is 5.92 Å². The van der Waals surface area contributed by atoms with Crippen LogP contribution in [0.15, 0.2) is 24.4 Å². The summed E-state index contributed by atoms with van der Waals surface area (Å²) < 4.78 is 68.3. The van der Waals surface area contributed by atoms with E-state index >= 15 is 0 Å². The molecule has 0 aliphatic carbocycles. The molecule has 139 heavy (non-hydrogen) atoms. The van der Waals surface area contributed by atoms with Crippen LogP contribution in [0.4, 0.5) is 55.5 Å². The van der Waals surface area contributed by atoms with Gasteiger partial charge in [0, 0.05) is 155 Å². The number of halogens is 5. The Hall–Kier alpha value is -6.63. The van der Waals surface area contributed by atoms with Gasteiger partial charge in [0.15, 0.2) is 0 Å². The molecule has 0 unspecified atom stereocenters. The van der Waals surface area contributed by atoms with Crippen LogP contribution in [0.2, 0.25) is 0 Å². The van der Waals surface area contributed by atoms with E-state index in [1.807, 2.05) is 70.9 Å². The van der Waals surface area contributed by atoms with E-state index in [-0.39, 0.29) is 42.2 Å².